The minimum absolute atomic E-state index is 0.299. The van der Waals surface area contributed by atoms with Crippen molar-refractivity contribution in [2.75, 3.05) is 0 Å². The van der Waals surface area contributed by atoms with Crippen LogP contribution in [0.3, 0.4) is 0 Å². The summed E-state index contributed by atoms with van der Waals surface area (Å²) in [5.41, 5.74) is -0.909. The molecule has 1 aromatic heterocycles. The van der Waals surface area contributed by atoms with Gasteiger partial charge in [0.15, 0.2) is 5.82 Å². The number of aliphatic carboxylic acids is 1. The van der Waals surface area contributed by atoms with E-state index in [-0.39, 0.29) is 0 Å². The molecule has 1 heterocycles. The predicted molar refractivity (Wildman–Crippen MR) is 64.1 cm³/mol. The molecule has 0 amide bonds. The van der Waals surface area contributed by atoms with Gasteiger partial charge in [-0.15, -0.1) is 0 Å². The molecule has 6 heteroatoms. The zero-order chi connectivity index (χ0) is 13.2. The highest BCUT2D eigenvalue weighted by Gasteiger charge is 2.35. The zero-order valence-corrected chi connectivity index (χ0v) is 10.8. The molecule has 6 nitrogen and oxygen atoms in total. The van der Waals surface area contributed by atoms with Crippen molar-refractivity contribution < 1.29 is 14.4 Å². The van der Waals surface area contributed by atoms with Crippen LogP contribution in [0.2, 0.25) is 0 Å². The Morgan fingerprint density at radius 1 is 1.50 bits per heavy atom. The number of aromatic nitrogens is 2. The summed E-state index contributed by atoms with van der Waals surface area (Å²) >= 11 is 0. The highest BCUT2D eigenvalue weighted by molar-refractivity contribution is 5.78. The van der Waals surface area contributed by atoms with Gasteiger partial charge in [-0.1, -0.05) is 19.0 Å². The molecule has 0 unspecified atom stereocenters. The normalized spacial score (nSPS) is 15.9. The summed E-state index contributed by atoms with van der Waals surface area (Å²) in [6.07, 6.45) is 3.27. The predicted octanol–water partition coefficient (Wildman–Crippen LogP) is 1.68. The Morgan fingerprint density at radius 2 is 2.17 bits per heavy atom. The molecule has 0 saturated heterocycles. The molecule has 2 N–H and O–H groups in total. The van der Waals surface area contributed by atoms with Crippen molar-refractivity contribution in [1.29, 1.82) is 0 Å². The smallest absolute Gasteiger partial charge is 0.323 e. The molecule has 0 aromatic carbocycles. The average Bonchev–Trinajstić information content (AvgIpc) is 3.11. The standard InChI is InChI=1S/C12H19N3O3/c1-3-12(4-2,11(16)17)13-7-9-14-10(15-18-9)8-5-6-8/h8,13H,3-7H2,1-2H3,(H,16,17). The highest BCUT2D eigenvalue weighted by atomic mass is 16.5. The number of nitrogens with one attached hydrogen (secondary N) is 1. The van der Waals surface area contributed by atoms with Gasteiger partial charge in [0, 0.05) is 5.92 Å². The first-order valence-electron chi connectivity index (χ1n) is 6.42. The van der Waals surface area contributed by atoms with Crippen LogP contribution in [0.5, 0.6) is 0 Å². The van der Waals surface area contributed by atoms with Crippen LogP contribution in [-0.2, 0) is 11.3 Å². The third-order valence-electron chi connectivity index (χ3n) is 3.62. The van der Waals surface area contributed by atoms with Gasteiger partial charge in [0.25, 0.3) is 0 Å². The van der Waals surface area contributed by atoms with E-state index in [2.05, 4.69) is 15.5 Å². The molecule has 0 spiro atoms. The molecule has 0 bridgehead atoms. The van der Waals surface area contributed by atoms with E-state index >= 15 is 0 Å². The number of carboxylic acid groups (broad SMARTS) is 1. The molecule has 1 aliphatic rings. The quantitative estimate of drug-likeness (QED) is 0.768. The second kappa shape index (κ2) is 5.06. The van der Waals surface area contributed by atoms with E-state index in [9.17, 15) is 9.90 Å². The van der Waals surface area contributed by atoms with Crippen molar-refractivity contribution >= 4 is 5.97 Å². The van der Waals surface area contributed by atoms with Gasteiger partial charge in [0.1, 0.15) is 5.54 Å². The van der Waals surface area contributed by atoms with E-state index in [1.807, 2.05) is 13.8 Å². The van der Waals surface area contributed by atoms with Crippen molar-refractivity contribution in [3.63, 3.8) is 0 Å². The molecule has 1 fully saturated rings. The van der Waals surface area contributed by atoms with Crippen LogP contribution in [0.25, 0.3) is 0 Å². The molecular formula is C12H19N3O3. The molecule has 2 rings (SSSR count). The number of carboxylic acids is 1. The third-order valence-corrected chi connectivity index (χ3v) is 3.62. The van der Waals surface area contributed by atoms with E-state index in [4.69, 9.17) is 4.52 Å². The van der Waals surface area contributed by atoms with Crippen LogP contribution < -0.4 is 5.32 Å². The maximum absolute atomic E-state index is 11.3. The number of carbonyl (C=O) groups is 1. The second-order valence-electron chi connectivity index (χ2n) is 4.77. The third kappa shape index (κ3) is 2.53. The zero-order valence-electron chi connectivity index (χ0n) is 10.8. The van der Waals surface area contributed by atoms with Gasteiger partial charge in [0.05, 0.1) is 6.54 Å². The Bertz CT molecular complexity index is 422. The van der Waals surface area contributed by atoms with Crippen LogP contribution in [0, 0.1) is 0 Å². The van der Waals surface area contributed by atoms with Crippen molar-refractivity contribution in [2.45, 2.75) is 57.5 Å². The van der Waals surface area contributed by atoms with Gasteiger partial charge in [-0.3, -0.25) is 10.1 Å². The van der Waals surface area contributed by atoms with Gasteiger partial charge < -0.3 is 9.63 Å². The fourth-order valence-corrected chi connectivity index (χ4v) is 1.97. The molecule has 18 heavy (non-hydrogen) atoms. The molecule has 1 aliphatic carbocycles. The lowest BCUT2D eigenvalue weighted by molar-refractivity contribution is -0.145. The summed E-state index contributed by atoms with van der Waals surface area (Å²) in [6.45, 7) is 4.01. The number of hydrogen-bond donors (Lipinski definition) is 2. The molecular weight excluding hydrogens is 234 g/mol. The molecule has 0 atom stereocenters. The Morgan fingerprint density at radius 3 is 2.67 bits per heavy atom. The summed E-state index contributed by atoms with van der Waals surface area (Å²) < 4.78 is 5.11. The molecule has 1 aromatic rings. The van der Waals surface area contributed by atoms with Gasteiger partial charge in [-0.2, -0.15) is 4.98 Å². The van der Waals surface area contributed by atoms with Crippen molar-refractivity contribution in [3.05, 3.63) is 11.7 Å². The van der Waals surface area contributed by atoms with Crippen molar-refractivity contribution in [1.82, 2.24) is 15.5 Å². The Labute approximate surface area is 106 Å². The minimum atomic E-state index is -0.909. The molecule has 0 radical (unpaired) electrons. The largest absolute Gasteiger partial charge is 0.480 e. The lowest BCUT2D eigenvalue weighted by atomic mass is 9.93. The van der Waals surface area contributed by atoms with E-state index < -0.39 is 11.5 Å². The van der Waals surface area contributed by atoms with Crippen LogP contribution in [0.15, 0.2) is 4.52 Å². The van der Waals surface area contributed by atoms with Crippen molar-refractivity contribution in [2.24, 2.45) is 0 Å². The number of hydrogen-bond acceptors (Lipinski definition) is 5. The van der Waals surface area contributed by atoms with Gasteiger partial charge in [-0.25, -0.2) is 0 Å². The average molecular weight is 253 g/mol. The summed E-state index contributed by atoms with van der Waals surface area (Å²) in [5, 5.41) is 16.2. The first kappa shape index (κ1) is 13.0. The summed E-state index contributed by atoms with van der Waals surface area (Å²) in [6, 6.07) is 0. The lowest BCUT2D eigenvalue weighted by Crippen LogP contribution is -2.50. The molecule has 1 saturated carbocycles. The topological polar surface area (TPSA) is 88.3 Å². The maximum atomic E-state index is 11.3. The van der Waals surface area contributed by atoms with E-state index in [0.29, 0.717) is 31.2 Å². The first-order chi connectivity index (χ1) is 8.61. The molecule has 100 valence electrons. The highest BCUT2D eigenvalue weighted by Crippen LogP contribution is 2.38. The van der Waals surface area contributed by atoms with Gasteiger partial charge in [-0.05, 0) is 25.7 Å². The minimum Gasteiger partial charge on any atom is -0.480 e. The summed E-state index contributed by atoms with van der Waals surface area (Å²) in [5.74, 6) is 0.823. The lowest BCUT2D eigenvalue weighted by Gasteiger charge is -2.27. The Hall–Kier alpha value is -1.43. The van der Waals surface area contributed by atoms with E-state index in [1.54, 1.807) is 0 Å². The Balaban J connectivity index is 1.97. The van der Waals surface area contributed by atoms with E-state index in [1.165, 1.54) is 0 Å². The summed E-state index contributed by atoms with van der Waals surface area (Å²) in [7, 11) is 0. The second-order valence-corrected chi connectivity index (χ2v) is 4.77. The molecule has 0 aliphatic heterocycles. The van der Waals surface area contributed by atoms with Crippen LogP contribution >= 0.6 is 0 Å². The van der Waals surface area contributed by atoms with Crippen LogP contribution in [-0.4, -0.2) is 26.8 Å². The van der Waals surface area contributed by atoms with Crippen LogP contribution in [0.1, 0.15) is 57.2 Å². The van der Waals surface area contributed by atoms with E-state index in [0.717, 1.165) is 18.7 Å². The van der Waals surface area contributed by atoms with Gasteiger partial charge >= 0.3 is 5.97 Å². The van der Waals surface area contributed by atoms with Crippen LogP contribution in [0.4, 0.5) is 0 Å². The SMILES string of the molecule is CCC(CC)(NCc1nc(C2CC2)no1)C(=O)O. The number of nitrogens with zero attached hydrogens (tertiary/aromatic N) is 2. The fraction of sp³-hybridized carbons (Fsp3) is 0.750. The first-order valence-corrected chi connectivity index (χ1v) is 6.42. The fourth-order valence-electron chi connectivity index (χ4n) is 1.97. The Kier molecular flexibility index (Phi) is 3.65. The maximum Gasteiger partial charge on any atom is 0.323 e. The van der Waals surface area contributed by atoms with Gasteiger partial charge in [0.2, 0.25) is 5.89 Å². The number of rotatable bonds is 7. The monoisotopic (exact) mass is 253 g/mol. The van der Waals surface area contributed by atoms with Crippen molar-refractivity contribution in [3.8, 4) is 0 Å². The summed E-state index contributed by atoms with van der Waals surface area (Å²) in [4.78, 5) is 15.6.